The second-order valence-corrected chi connectivity index (χ2v) is 5.16. The molecule has 0 radical (unpaired) electrons. The molecular weight excluding hydrogens is 313 g/mol. The van der Waals surface area contributed by atoms with Crippen LogP contribution in [0.4, 0.5) is 13.2 Å². The van der Waals surface area contributed by atoms with Crippen LogP contribution in [0.25, 0.3) is 0 Å². The fraction of sp³-hybridized carbons (Fsp3) is 0.400. The van der Waals surface area contributed by atoms with Gasteiger partial charge in [0.2, 0.25) is 5.89 Å². The van der Waals surface area contributed by atoms with Crippen molar-refractivity contribution in [2.75, 3.05) is 13.1 Å². The lowest BCUT2D eigenvalue weighted by molar-refractivity contribution is -0.275. The van der Waals surface area contributed by atoms with Crippen LogP contribution in [-0.2, 0) is 0 Å². The van der Waals surface area contributed by atoms with Gasteiger partial charge in [-0.25, -0.2) is 4.98 Å². The fourth-order valence-electron chi connectivity index (χ4n) is 2.55. The van der Waals surface area contributed by atoms with Crippen molar-refractivity contribution in [2.45, 2.75) is 18.9 Å². The van der Waals surface area contributed by atoms with Crippen molar-refractivity contribution in [3.63, 3.8) is 0 Å². The summed E-state index contributed by atoms with van der Waals surface area (Å²) in [6, 6.07) is 5.67. The standard InChI is InChI=1S/C15H15F3N2O3/c16-15(17,18)23-12-4-2-1-3-11(12)22-13(10-5-6-19-9-10)14-20-7-8-21-14/h1-4,7-8,10,13,19H,5-6,9H2/t10?,13-/m0/s1. The molecule has 0 amide bonds. The molecule has 0 saturated carbocycles. The van der Waals surface area contributed by atoms with Crippen LogP contribution in [0.15, 0.2) is 41.1 Å². The second kappa shape index (κ2) is 6.49. The number of benzene rings is 1. The number of rotatable bonds is 5. The lowest BCUT2D eigenvalue weighted by Crippen LogP contribution is -2.23. The van der Waals surface area contributed by atoms with Crippen molar-refractivity contribution in [1.82, 2.24) is 10.3 Å². The normalized spacial score (nSPS) is 19.5. The third kappa shape index (κ3) is 3.95. The van der Waals surface area contributed by atoms with Gasteiger partial charge < -0.3 is 19.2 Å². The van der Waals surface area contributed by atoms with Crippen molar-refractivity contribution in [1.29, 1.82) is 0 Å². The molecule has 2 aromatic rings. The molecule has 0 spiro atoms. The van der Waals surface area contributed by atoms with Gasteiger partial charge in [-0.3, -0.25) is 0 Å². The molecular formula is C15H15F3N2O3. The molecule has 0 bridgehead atoms. The Bertz CT molecular complexity index is 625. The van der Waals surface area contributed by atoms with Gasteiger partial charge in [-0.15, -0.1) is 13.2 Å². The van der Waals surface area contributed by atoms with Crippen LogP contribution in [0.2, 0.25) is 0 Å². The van der Waals surface area contributed by atoms with Gasteiger partial charge in [0.25, 0.3) is 0 Å². The van der Waals surface area contributed by atoms with Crippen LogP contribution >= 0.6 is 0 Å². The minimum Gasteiger partial charge on any atom is -0.476 e. The summed E-state index contributed by atoms with van der Waals surface area (Å²) >= 11 is 0. The molecule has 1 aromatic carbocycles. The summed E-state index contributed by atoms with van der Waals surface area (Å²) in [6.07, 6.45) is -1.67. The maximum atomic E-state index is 12.5. The highest BCUT2D eigenvalue weighted by molar-refractivity contribution is 5.40. The number of para-hydroxylation sites is 2. The zero-order chi connectivity index (χ0) is 16.3. The molecule has 1 aromatic heterocycles. The molecule has 1 N–H and O–H groups in total. The average molecular weight is 328 g/mol. The van der Waals surface area contributed by atoms with Gasteiger partial charge in [0.15, 0.2) is 17.6 Å². The van der Waals surface area contributed by atoms with Crippen LogP contribution in [0.3, 0.4) is 0 Å². The van der Waals surface area contributed by atoms with E-state index in [2.05, 4.69) is 15.0 Å². The number of ether oxygens (including phenoxy) is 2. The molecule has 2 atom stereocenters. The molecule has 0 aliphatic carbocycles. The van der Waals surface area contributed by atoms with E-state index in [0.29, 0.717) is 12.4 Å². The van der Waals surface area contributed by atoms with Crippen molar-refractivity contribution in [3.05, 3.63) is 42.6 Å². The number of aromatic nitrogens is 1. The lowest BCUT2D eigenvalue weighted by Gasteiger charge is -2.23. The Kier molecular flexibility index (Phi) is 4.42. The number of oxazole rings is 1. The molecule has 23 heavy (non-hydrogen) atoms. The predicted molar refractivity (Wildman–Crippen MR) is 74.0 cm³/mol. The molecule has 5 nitrogen and oxygen atoms in total. The van der Waals surface area contributed by atoms with E-state index in [1.165, 1.54) is 30.7 Å². The SMILES string of the molecule is FC(F)(F)Oc1ccccc1O[C@H](c1ncco1)C1CCNC1. The first-order valence-electron chi connectivity index (χ1n) is 7.14. The number of halogens is 3. The van der Waals surface area contributed by atoms with E-state index in [1.54, 1.807) is 6.07 Å². The van der Waals surface area contributed by atoms with Crippen LogP contribution < -0.4 is 14.8 Å². The van der Waals surface area contributed by atoms with Gasteiger partial charge in [0, 0.05) is 12.5 Å². The van der Waals surface area contributed by atoms with Crippen LogP contribution in [0.1, 0.15) is 18.4 Å². The largest absolute Gasteiger partial charge is 0.573 e. The Morgan fingerprint density at radius 1 is 1.26 bits per heavy atom. The van der Waals surface area contributed by atoms with E-state index in [4.69, 9.17) is 9.15 Å². The summed E-state index contributed by atoms with van der Waals surface area (Å²) in [5.41, 5.74) is 0. The molecule has 1 unspecified atom stereocenters. The highest BCUT2D eigenvalue weighted by atomic mass is 19.4. The zero-order valence-corrected chi connectivity index (χ0v) is 12.0. The minimum atomic E-state index is -4.78. The third-order valence-corrected chi connectivity index (χ3v) is 3.55. The third-order valence-electron chi connectivity index (χ3n) is 3.55. The van der Waals surface area contributed by atoms with E-state index in [0.717, 1.165) is 13.0 Å². The molecule has 8 heteroatoms. The van der Waals surface area contributed by atoms with Crippen molar-refractivity contribution in [2.24, 2.45) is 5.92 Å². The van der Waals surface area contributed by atoms with E-state index in [1.807, 2.05) is 0 Å². The van der Waals surface area contributed by atoms with E-state index in [9.17, 15) is 13.2 Å². The summed E-state index contributed by atoms with van der Waals surface area (Å²) in [5.74, 6) is -0.00413. The number of nitrogens with one attached hydrogen (secondary N) is 1. The lowest BCUT2D eigenvalue weighted by atomic mass is 10.0. The van der Waals surface area contributed by atoms with E-state index < -0.39 is 12.5 Å². The highest BCUT2D eigenvalue weighted by Crippen LogP contribution is 2.37. The molecule has 1 fully saturated rings. The van der Waals surface area contributed by atoms with Crippen LogP contribution in [-0.4, -0.2) is 24.4 Å². The molecule has 2 heterocycles. The summed E-state index contributed by atoms with van der Waals surface area (Å²) < 4.78 is 52.7. The topological polar surface area (TPSA) is 56.5 Å². The number of hydrogen-bond donors (Lipinski definition) is 1. The number of hydrogen-bond acceptors (Lipinski definition) is 5. The smallest absolute Gasteiger partial charge is 0.476 e. The number of alkyl halides is 3. The van der Waals surface area contributed by atoms with Gasteiger partial charge in [-0.1, -0.05) is 12.1 Å². The molecule has 124 valence electrons. The monoisotopic (exact) mass is 328 g/mol. The molecule has 1 aliphatic heterocycles. The summed E-state index contributed by atoms with van der Waals surface area (Å²) in [4.78, 5) is 4.08. The van der Waals surface area contributed by atoms with Crippen molar-refractivity contribution < 1.29 is 27.1 Å². The Balaban J connectivity index is 1.85. The Labute approximate surface area is 130 Å². The molecule has 1 saturated heterocycles. The minimum absolute atomic E-state index is 0.0000694. The summed E-state index contributed by atoms with van der Waals surface area (Å²) in [5, 5.41) is 3.19. The Hall–Kier alpha value is -2.22. The average Bonchev–Trinajstić information content (AvgIpc) is 3.18. The van der Waals surface area contributed by atoms with Gasteiger partial charge in [-0.2, -0.15) is 0 Å². The quantitative estimate of drug-likeness (QED) is 0.913. The second-order valence-electron chi connectivity index (χ2n) is 5.16. The zero-order valence-electron chi connectivity index (χ0n) is 12.0. The first-order chi connectivity index (χ1) is 11.0. The first kappa shape index (κ1) is 15.7. The van der Waals surface area contributed by atoms with Gasteiger partial charge in [0.05, 0.1) is 6.20 Å². The first-order valence-corrected chi connectivity index (χ1v) is 7.14. The van der Waals surface area contributed by atoms with E-state index in [-0.39, 0.29) is 17.4 Å². The maximum absolute atomic E-state index is 12.5. The molecule has 1 aliphatic rings. The van der Waals surface area contributed by atoms with Gasteiger partial charge >= 0.3 is 6.36 Å². The van der Waals surface area contributed by atoms with Crippen LogP contribution in [0.5, 0.6) is 11.5 Å². The summed E-state index contributed by atoms with van der Waals surface area (Å²) in [6.45, 7) is 1.49. The molecule has 3 rings (SSSR count). The van der Waals surface area contributed by atoms with E-state index >= 15 is 0 Å². The van der Waals surface area contributed by atoms with Gasteiger partial charge in [-0.05, 0) is 25.1 Å². The van der Waals surface area contributed by atoms with Crippen LogP contribution in [0, 0.1) is 5.92 Å². The predicted octanol–water partition coefficient (Wildman–Crippen LogP) is 3.30. The van der Waals surface area contributed by atoms with Gasteiger partial charge in [0.1, 0.15) is 6.26 Å². The number of nitrogens with zero attached hydrogens (tertiary/aromatic N) is 1. The van der Waals surface area contributed by atoms with Crippen molar-refractivity contribution in [3.8, 4) is 11.5 Å². The Morgan fingerprint density at radius 2 is 2.04 bits per heavy atom. The maximum Gasteiger partial charge on any atom is 0.573 e. The van der Waals surface area contributed by atoms with Crippen molar-refractivity contribution >= 4 is 0 Å². The fourth-order valence-corrected chi connectivity index (χ4v) is 2.55. The Morgan fingerprint density at radius 3 is 2.65 bits per heavy atom. The summed E-state index contributed by atoms with van der Waals surface area (Å²) in [7, 11) is 0. The highest BCUT2D eigenvalue weighted by Gasteiger charge is 2.35.